The summed E-state index contributed by atoms with van der Waals surface area (Å²) in [6, 6.07) is 26.6. The highest BCUT2D eigenvalue weighted by Crippen LogP contribution is 2.35. The number of hydrogen-bond acceptors (Lipinski definition) is 4. The van der Waals surface area contributed by atoms with Gasteiger partial charge in [0.2, 0.25) is 0 Å². The van der Waals surface area contributed by atoms with Crippen LogP contribution < -0.4 is 4.74 Å². The van der Waals surface area contributed by atoms with Crippen LogP contribution in [0, 0.1) is 0 Å². The smallest absolute Gasteiger partial charge is 0.293 e. The van der Waals surface area contributed by atoms with Gasteiger partial charge in [-0.1, -0.05) is 77.8 Å². The Labute approximate surface area is 217 Å². The second-order valence-electron chi connectivity index (χ2n) is 8.05. The van der Waals surface area contributed by atoms with E-state index in [1.807, 2.05) is 54.6 Å². The summed E-state index contributed by atoms with van der Waals surface area (Å²) < 4.78 is 5.81. The maximum absolute atomic E-state index is 13.0. The van der Waals surface area contributed by atoms with Gasteiger partial charge in [-0.05, 0) is 75.6 Å². The molecule has 4 nitrogen and oxygen atoms in total. The maximum Gasteiger partial charge on any atom is 0.293 e. The van der Waals surface area contributed by atoms with Crippen molar-refractivity contribution in [1.29, 1.82) is 0 Å². The number of fused-ring (bicyclic) bond motifs is 1. The van der Waals surface area contributed by atoms with E-state index in [4.69, 9.17) is 27.9 Å². The molecular formula is C28H19Cl2NO3S. The van der Waals surface area contributed by atoms with E-state index in [0.29, 0.717) is 32.9 Å². The summed E-state index contributed by atoms with van der Waals surface area (Å²) in [4.78, 5) is 27.2. The number of carbonyl (C=O) groups excluding carboxylic acids is 2. The first-order chi connectivity index (χ1) is 17.0. The zero-order valence-electron chi connectivity index (χ0n) is 18.4. The van der Waals surface area contributed by atoms with Crippen LogP contribution >= 0.6 is 35.0 Å². The van der Waals surface area contributed by atoms with Crippen LogP contribution in [-0.2, 0) is 17.9 Å². The summed E-state index contributed by atoms with van der Waals surface area (Å²) in [6.45, 7) is 0.578. The van der Waals surface area contributed by atoms with Crippen LogP contribution in [0.2, 0.25) is 10.0 Å². The molecule has 174 valence electrons. The summed E-state index contributed by atoms with van der Waals surface area (Å²) in [5.74, 6) is 0.218. The SMILES string of the molecule is O=C1S/C(=C\c2ccc(OCc3ccc(Cl)cc3)c(Cl)c2)C(=O)N1Cc1ccc2ccccc2c1. The lowest BCUT2D eigenvalue weighted by Gasteiger charge is -2.13. The largest absolute Gasteiger partial charge is 0.487 e. The first-order valence-electron chi connectivity index (χ1n) is 10.9. The molecule has 0 N–H and O–H groups in total. The molecule has 0 atom stereocenters. The molecule has 5 rings (SSSR count). The van der Waals surface area contributed by atoms with Crippen LogP contribution in [0.1, 0.15) is 16.7 Å². The Kier molecular flexibility index (Phi) is 6.82. The van der Waals surface area contributed by atoms with E-state index in [2.05, 4.69) is 0 Å². The van der Waals surface area contributed by atoms with Crippen LogP contribution in [0.15, 0.2) is 89.8 Å². The second-order valence-corrected chi connectivity index (χ2v) is 9.89. The minimum absolute atomic E-state index is 0.227. The van der Waals surface area contributed by atoms with Crippen molar-refractivity contribution in [2.45, 2.75) is 13.2 Å². The van der Waals surface area contributed by atoms with Gasteiger partial charge in [0.25, 0.3) is 11.1 Å². The zero-order valence-corrected chi connectivity index (χ0v) is 20.7. The molecule has 4 aromatic carbocycles. The molecule has 4 aromatic rings. The number of ether oxygens (including phenoxy) is 1. The van der Waals surface area contributed by atoms with Crippen molar-refractivity contribution >= 4 is 63.0 Å². The van der Waals surface area contributed by atoms with E-state index in [-0.39, 0.29) is 17.7 Å². The van der Waals surface area contributed by atoms with Gasteiger partial charge >= 0.3 is 0 Å². The Bertz CT molecular complexity index is 1470. The predicted molar refractivity (Wildman–Crippen MR) is 143 cm³/mol. The van der Waals surface area contributed by atoms with Gasteiger partial charge in [0.05, 0.1) is 16.5 Å². The fourth-order valence-corrected chi connectivity index (χ4v) is 4.98. The summed E-state index contributed by atoms with van der Waals surface area (Å²) in [6.07, 6.45) is 1.68. The number of nitrogens with zero attached hydrogens (tertiary/aromatic N) is 1. The van der Waals surface area contributed by atoms with Crippen LogP contribution in [0.25, 0.3) is 16.8 Å². The van der Waals surface area contributed by atoms with Crippen molar-refractivity contribution < 1.29 is 14.3 Å². The average Bonchev–Trinajstić information content (AvgIpc) is 3.12. The number of hydrogen-bond donors (Lipinski definition) is 0. The minimum Gasteiger partial charge on any atom is -0.487 e. The first-order valence-corrected chi connectivity index (χ1v) is 12.4. The Morgan fingerprint density at radius 3 is 2.34 bits per heavy atom. The number of amides is 2. The lowest BCUT2D eigenvalue weighted by atomic mass is 10.1. The lowest BCUT2D eigenvalue weighted by molar-refractivity contribution is -0.123. The zero-order chi connectivity index (χ0) is 24.4. The quantitative estimate of drug-likeness (QED) is 0.242. The highest BCUT2D eigenvalue weighted by atomic mass is 35.5. The molecule has 0 saturated carbocycles. The van der Waals surface area contributed by atoms with Crippen molar-refractivity contribution in [3.05, 3.63) is 117 Å². The fourth-order valence-electron chi connectivity index (χ4n) is 3.77. The number of halogens is 2. The molecule has 35 heavy (non-hydrogen) atoms. The second kappa shape index (κ2) is 10.2. The van der Waals surface area contributed by atoms with Gasteiger partial charge < -0.3 is 4.74 Å². The fraction of sp³-hybridized carbons (Fsp3) is 0.0714. The van der Waals surface area contributed by atoms with Crippen molar-refractivity contribution in [3.63, 3.8) is 0 Å². The minimum atomic E-state index is -0.313. The van der Waals surface area contributed by atoms with Gasteiger partial charge in [-0.15, -0.1) is 0 Å². The topological polar surface area (TPSA) is 46.6 Å². The van der Waals surface area contributed by atoms with E-state index >= 15 is 0 Å². The Hall–Kier alpha value is -3.25. The van der Waals surface area contributed by atoms with E-state index in [1.165, 1.54) is 4.90 Å². The van der Waals surface area contributed by atoms with Crippen molar-refractivity contribution in [3.8, 4) is 5.75 Å². The van der Waals surface area contributed by atoms with Crippen LogP contribution in [0.4, 0.5) is 4.79 Å². The predicted octanol–water partition coefficient (Wildman–Crippen LogP) is 7.96. The number of benzene rings is 4. The van der Waals surface area contributed by atoms with Gasteiger partial charge in [-0.25, -0.2) is 0 Å². The summed E-state index contributed by atoms with van der Waals surface area (Å²) in [5.41, 5.74) is 2.58. The molecule has 1 aliphatic heterocycles. The molecule has 0 aromatic heterocycles. The van der Waals surface area contributed by atoms with E-state index in [0.717, 1.165) is 33.7 Å². The monoisotopic (exact) mass is 519 g/mol. The third kappa shape index (κ3) is 5.38. The maximum atomic E-state index is 13.0. The molecule has 1 fully saturated rings. The van der Waals surface area contributed by atoms with E-state index in [9.17, 15) is 9.59 Å². The van der Waals surface area contributed by atoms with Gasteiger partial charge in [-0.2, -0.15) is 0 Å². The van der Waals surface area contributed by atoms with Crippen molar-refractivity contribution in [2.24, 2.45) is 0 Å². The number of rotatable bonds is 6. The molecule has 0 aliphatic carbocycles. The summed E-state index contributed by atoms with van der Waals surface area (Å²) >= 11 is 13.3. The van der Waals surface area contributed by atoms with Gasteiger partial charge in [0, 0.05) is 5.02 Å². The van der Waals surface area contributed by atoms with Crippen LogP contribution in [-0.4, -0.2) is 16.0 Å². The third-order valence-electron chi connectivity index (χ3n) is 5.59. The van der Waals surface area contributed by atoms with E-state index in [1.54, 1.807) is 36.4 Å². The summed E-state index contributed by atoms with van der Waals surface area (Å²) in [7, 11) is 0. The first kappa shape index (κ1) is 23.5. The van der Waals surface area contributed by atoms with Gasteiger partial charge in [0.15, 0.2) is 0 Å². The molecule has 1 aliphatic rings. The molecule has 0 unspecified atom stereocenters. The third-order valence-corrected chi connectivity index (χ3v) is 7.04. The molecule has 0 radical (unpaired) electrons. The van der Waals surface area contributed by atoms with Crippen molar-refractivity contribution in [2.75, 3.05) is 0 Å². The molecule has 0 spiro atoms. The van der Waals surface area contributed by atoms with E-state index < -0.39 is 0 Å². The number of carbonyl (C=O) groups is 2. The molecular weight excluding hydrogens is 501 g/mol. The average molecular weight is 520 g/mol. The molecule has 2 amide bonds. The Morgan fingerprint density at radius 2 is 1.57 bits per heavy atom. The normalized spacial score (nSPS) is 14.8. The molecule has 0 bridgehead atoms. The molecule has 1 heterocycles. The molecule has 7 heteroatoms. The van der Waals surface area contributed by atoms with Crippen LogP contribution in [0.5, 0.6) is 5.75 Å². The lowest BCUT2D eigenvalue weighted by Crippen LogP contribution is -2.27. The highest BCUT2D eigenvalue weighted by molar-refractivity contribution is 8.18. The highest BCUT2D eigenvalue weighted by Gasteiger charge is 2.35. The molecule has 1 saturated heterocycles. The standard InChI is InChI=1S/C28H19Cl2NO3S/c29-23-10-6-18(7-11-23)17-34-25-12-8-19(14-24(25)30)15-26-27(32)31(28(33)35-26)16-20-5-9-21-3-1-2-4-22(21)13-20/h1-15H,16-17H2/b26-15-. The Balaban J connectivity index is 1.28. The number of thioether (sulfide) groups is 1. The number of imide groups is 1. The van der Waals surface area contributed by atoms with Crippen LogP contribution in [0.3, 0.4) is 0 Å². The van der Waals surface area contributed by atoms with Gasteiger partial charge in [0.1, 0.15) is 12.4 Å². The van der Waals surface area contributed by atoms with Gasteiger partial charge in [-0.3, -0.25) is 14.5 Å². The Morgan fingerprint density at radius 1 is 0.829 bits per heavy atom. The van der Waals surface area contributed by atoms with Crippen molar-refractivity contribution in [1.82, 2.24) is 4.90 Å². The summed E-state index contributed by atoms with van der Waals surface area (Å²) in [5, 5.41) is 2.98.